The zero-order valence-corrected chi connectivity index (χ0v) is 13.4. The lowest BCUT2D eigenvalue weighted by molar-refractivity contribution is 0.634. The summed E-state index contributed by atoms with van der Waals surface area (Å²) in [4.78, 5) is 7.39. The van der Waals surface area contributed by atoms with Gasteiger partial charge in [-0.3, -0.25) is 0 Å². The highest BCUT2D eigenvalue weighted by Gasteiger charge is 2.13. The first kappa shape index (κ1) is 16.3. The Kier molecular flexibility index (Phi) is 5.03. The number of benzene rings is 1. The number of rotatable bonds is 4. The molecule has 0 spiro atoms. The number of fused-ring (bicyclic) bond motifs is 1. The Hall–Kier alpha value is -2.07. The fourth-order valence-electron chi connectivity index (χ4n) is 2.55. The number of nitrogens with zero attached hydrogens (tertiary/aromatic N) is 1. The van der Waals surface area contributed by atoms with Crippen LogP contribution in [0.4, 0.5) is 10.2 Å². The van der Waals surface area contributed by atoms with Gasteiger partial charge >= 0.3 is 0 Å². The van der Waals surface area contributed by atoms with Gasteiger partial charge in [0.15, 0.2) is 11.6 Å². The van der Waals surface area contributed by atoms with E-state index < -0.39 is 0 Å². The normalized spacial score (nSPS) is 10.5. The molecule has 2 heterocycles. The number of pyridine rings is 1. The zero-order valence-electron chi connectivity index (χ0n) is 12.6. The molecule has 0 atom stereocenters. The molecule has 0 aliphatic heterocycles. The summed E-state index contributed by atoms with van der Waals surface area (Å²) in [5.41, 5.74) is 3.93. The molecule has 0 aliphatic carbocycles. The minimum absolute atomic E-state index is 0. The molecule has 2 N–H and O–H groups in total. The summed E-state index contributed by atoms with van der Waals surface area (Å²) in [6.07, 6.45) is 2.19. The van der Waals surface area contributed by atoms with Crippen molar-refractivity contribution in [2.24, 2.45) is 0 Å². The number of halogens is 2. The highest BCUT2D eigenvalue weighted by molar-refractivity contribution is 5.92. The minimum Gasteiger partial charge on any atom is -0.368 e. The molecule has 0 aliphatic rings. The molecule has 3 rings (SSSR count). The molecule has 0 bridgehead atoms. The van der Waals surface area contributed by atoms with Crippen molar-refractivity contribution in [3.8, 4) is 0 Å². The average molecular weight is 320 g/mol. The fourth-order valence-corrected chi connectivity index (χ4v) is 2.55. The maximum absolute atomic E-state index is 13.9. The van der Waals surface area contributed by atoms with Crippen LogP contribution in [0.1, 0.15) is 16.8 Å². The number of H-pyrrole nitrogens is 1. The number of hydrogen-bond donors (Lipinski definition) is 2. The van der Waals surface area contributed by atoms with Gasteiger partial charge in [-0.1, -0.05) is 30.3 Å². The molecular weight excluding hydrogens is 301 g/mol. The Morgan fingerprint density at radius 1 is 1.18 bits per heavy atom. The molecule has 5 heteroatoms. The number of hydrogen-bond acceptors (Lipinski definition) is 2. The molecule has 116 valence electrons. The summed E-state index contributed by atoms with van der Waals surface area (Å²) in [6.45, 7) is 4.63. The molecule has 0 fully saturated rings. The topological polar surface area (TPSA) is 40.7 Å². The number of aryl methyl sites for hydroxylation is 2. The summed E-state index contributed by atoms with van der Waals surface area (Å²) in [6, 6.07) is 10.3. The van der Waals surface area contributed by atoms with E-state index in [0.29, 0.717) is 11.2 Å². The van der Waals surface area contributed by atoms with Gasteiger partial charge in [0.2, 0.25) is 0 Å². The van der Waals surface area contributed by atoms with Crippen molar-refractivity contribution in [2.45, 2.75) is 20.3 Å². The van der Waals surface area contributed by atoms with Gasteiger partial charge in [0.05, 0.1) is 11.7 Å². The van der Waals surface area contributed by atoms with Crippen molar-refractivity contribution in [1.82, 2.24) is 9.97 Å². The van der Waals surface area contributed by atoms with E-state index in [-0.39, 0.29) is 18.2 Å². The first-order chi connectivity index (χ1) is 10.2. The Morgan fingerprint density at radius 2 is 1.91 bits per heavy atom. The molecule has 3 aromatic rings. The standard InChI is InChI=1S/C17H18FN3.ClH/c1-11-12(2)21-16-15(11)14(18)10-20-17(16)19-9-8-13-6-4-3-5-7-13;/h3-7,10,21H,8-9H2,1-2H3,(H,19,20);1H. The average Bonchev–Trinajstić information content (AvgIpc) is 2.79. The number of anilines is 1. The van der Waals surface area contributed by atoms with Gasteiger partial charge in [-0.2, -0.15) is 0 Å². The predicted molar refractivity (Wildman–Crippen MR) is 91.4 cm³/mol. The highest BCUT2D eigenvalue weighted by atomic mass is 35.5. The van der Waals surface area contributed by atoms with Crippen molar-refractivity contribution >= 4 is 29.1 Å². The molecule has 2 aromatic heterocycles. The van der Waals surface area contributed by atoms with Crippen LogP contribution < -0.4 is 5.32 Å². The maximum atomic E-state index is 13.9. The number of aromatic amines is 1. The molecule has 0 saturated heterocycles. The van der Waals surface area contributed by atoms with Crippen molar-refractivity contribution in [3.63, 3.8) is 0 Å². The Balaban J connectivity index is 0.00000176. The van der Waals surface area contributed by atoms with Gasteiger partial charge in [-0.05, 0) is 31.4 Å². The molecule has 1 aromatic carbocycles. The van der Waals surface area contributed by atoms with Crippen LogP contribution in [0.5, 0.6) is 0 Å². The molecule has 22 heavy (non-hydrogen) atoms. The Labute approximate surface area is 135 Å². The van der Waals surface area contributed by atoms with Gasteiger partial charge in [0.1, 0.15) is 0 Å². The van der Waals surface area contributed by atoms with Gasteiger partial charge < -0.3 is 10.3 Å². The van der Waals surface area contributed by atoms with Crippen LogP contribution in [0, 0.1) is 19.7 Å². The van der Waals surface area contributed by atoms with Gasteiger partial charge in [0, 0.05) is 17.6 Å². The molecule has 0 unspecified atom stereocenters. The predicted octanol–water partition coefficient (Wildman–Crippen LogP) is 4.40. The molecule has 0 saturated carbocycles. The largest absolute Gasteiger partial charge is 0.368 e. The first-order valence-corrected chi connectivity index (χ1v) is 7.08. The van der Waals surface area contributed by atoms with E-state index in [0.717, 1.165) is 29.7 Å². The van der Waals surface area contributed by atoms with Crippen molar-refractivity contribution in [3.05, 3.63) is 59.2 Å². The molecular formula is C17H19ClFN3. The van der Waals surface area contributed by atoms with Crippen LogP contribution in [0.2, 0.25) is 0 Å². The Morgan fingerprint density at radius 3 is 2.64 bits per heavy atom. The summed E-state index contributed by atoms with van der Waals surface area (Å²) >= 11 is 0. The number of aromatic nitrogens is 2. The third-order valence-corrected chi connectivity index (χ3v) is 3.83. The lowest BCUT2D eigenvalue weighted by Crippen LogP contribution is -2.07. The van der Waals surface area contributed by atoms with E-state index in [1.54, 1.807) is 0 Å². The molecule has 0 amide bonds. The van der Waals surface area contributed by atoms with E-state index in [4.69, 9.17) is 0 Å². The second-order valence-corrected chi connectivity index (χ2v) is 5.24. The smallest absolute Gasteiger partial charge is 0.151 e. The van der Waals surface area contributed by atoms with Crippen molar-refractivity contribution in [2.75, 3.05) is 11.9 Å². The van der Waals surface area contributed by atoms with Crippen LogP contribution in [-0.4, -0.2) is 16.5 Å². The second-order valence-electron chi connectivity index (χ2n) is 5.24. The summed E-state index contributed by atoms with van der Waals surface area (Å²) in [5.74, 6) is 0.430. The van der Waals surface area contributed by atoms with Crippen LogP contribution >= 0.6 is 12.4 Å². The van der Waals surface area contributed by atoms with Crippen LogP contribution in [0.3, 0.4) is 0 Å². The Bertz CT molecular complexity index is 768. The third kappa shape index (κ3) is 3.07. The van der Waals surface area contributed by atoms with Crippen LogP contribution in [0.15, 0.2) is 36.5 Å². The van der Waals surface area contributed by atoms with Crippen molar-refractivity contribution < 1.29 is 4.39 Å². The SMILES string of the molecule is Cc1[nH]c2c(NCCc3ccccc3)ncc(F)c2c1C.Cl. The highest BCUT2D eigenvalue weighted by Crippen LogP contribution is 2.28. The van der Waals surface area contributed by atoms with Gasteiger partial charge in [-0.25, -0.2) is 9.37 Å². The van der Waals surface area contributed by atoms with Gasteiger partial charge in [-0.15, -0.1) is 12.4 Å². The molecule has 3 nitrogen and oxygen atoms in total. The third-order valence-electron chi connectivity index (χ3n) is 3.83. The zero-order chi connectivity index (χ0) is 14.8. The summed E-state index contributed by atoms with van der Waals surface area (Å²) < 4.78 is 13.9. The quantitative estimate of drug-likeness (QED) is 0.748. The molecule has 0 radical (unpaired) electrons. The summed E-state index contributed by atoms with van der Waals surface area (Å²) in [7, 11) is 0. The summed E-state index contributed by atoms with van der Waals surface area (Å²) in [5, 5.41) is 3.92. The first-order valence-electron chi connectivity index (χ1n) is 7.08. The van der Waals surface area contributed by atoms with Crippen LogP contribution in [0.25, 0.3) is 10.9 Å². The second kappa shape index (κ2) is 6.79. The van der Waals surface area contributed by atoms with Crippen LogP contribution in [-0.2, 0) is 6.42 Å². The maximum Gasteiger partial charge on any atom is 0.151 e. The lowest BCUT2D eigenvalue weighted by Gasteiger charge is -2.07. The fraction of sp³-hybridized carbons (Fsp3) is 0.235. The van der Waals surface area contributed by atoms with E-state index in [2.05, 4.69) is 27.4 Å². The van der Waals surface area contributed by atoms with Crippen molar-refractivity contribution in [1.29, 1.82) is 0 Å². The van der Waals surface area contributed by atoms with E-state index >= 15 is 0 Å². The van der Waals surface area contributed by atoms with E-state index in [1.807, 2.05) is 32.0 Å². The van der Waals surface area contributed by atoms with Gasteiger partial charge in [0.25, 0.3) is 0 Å². The number of nitrogens with one attached hydrogen (secondary N) is 2. The minimum atomic E-state index is -0.277. The lowest BCUT2D eigenvalue weighted by atomic mass is 10.1. The van der Waals surface area contributed by atoms with E-state index in [9.17, 15) is 4.39 Å². The monoisotopic (exact) mass is 319 g/mol. The van der Waals surface area contributed by atoms with E-state index in [1.165, 1.54) is 11.8 Å².